The van der Waals surface area contributed by atoms with Gasteiger partial charge in [-0.25, -0.2) is 4.79 Å². The van der Waals surface area contributed by atoms with Gasteiger partial charge in [0.25, 0.3) is 5.91 Å². The first kappa shape index (κ1) is 22.6. The lowest BCUT2D eigenvalue weighted by Gasteiger charge is -2.10. The Bertz CT molecular complexity index is 1040. The summed E-state index contributed by atoms with van der Waals surface area (Å²) in [5.41, 5.74) is 3.27. The third-order valence-electron chi connectivity index (χ3n) is 4.80. The number of hydrogen-bond donors (Lipinski definition) is 1. The monoisotopic (exact) mass is 437 g/mol. The van der Waals surface area contributed by atoms with Crippen LogP contribution in [-0.2, 0) is 9.53 Å². The van der Waals surface area contributed by atoms with Gasteiger partial charge in [0, 0.05) is 10.4 Å². The topological polar surface area (TPSA) is 64.6 Å². The van der Waals surface area contributed by atoms with Crippen molar-refractivity contribution in [2.45, 2.75) is 33.6 Å². The first-order valence-corrected chi connectivity index (χ1v) is 11.1. The summed E-state index contributed by atoms with van der Waals surface area (Å²) in [5.74, 6) is 0.266. The van der Waals surface area contributed by atoms with Crippen molar-refractivity contribution in [3.8, 4) is 16.9 Å². The maximum absolute atomic E-state index is 12.7. The quantitative estimate of drug-likeness (QED) is 0.436. The summed E-state index contributed by atoms with van der Waals surface area (Å²) in [7, 11) is 0. The second-order valence-corrected chi connectivity index (χ2v) is 8.61. The van der Waals surface area contributed by atoms with Crippen molar-refractivity contribution in [3.05, 3.63) is 70.6 Å². The lowest BCUT2D eigenvalue weighted by Crippen LogP contribution is -2.21. The molecule has 0 saturated heterocycles. The van der Waals surface area contributed by atoms with Crippen LogP contribution in [0.25, 0.3) is 11.1 Å². The number of hydrogen-bond acceptors (Lipinski definition) is 5. The Morgan fingerprint density at radius 3 is 2.32 bits per heavy atom. The van der Waals surface area contributed by atoms with E-state index < -0.39 is 5.97 Å². The van der Waals surface area contributed by atoms with Gasteiger partial charge in [0.05, 0.1) is 6.61 Å². The molecule has 0 unspecified atom stereocenters. The molecule has 162 valence electrons. The fraction of sp³-hybridized carbons (Fsp3) is 0.280. The molecule has 0 saturated carbocycles. The average molecular weight is 438 g/mol. The number of aryl methyl sites for hydroxylation is 1. The maximum atomic E-state index is 12.7. The largest absolute Gasteiger partial charge is 0.484 e. The fourth-order valence-electron chi connectivity index (χ4n) is 3.24. The van der Waals surface area contributed by atoms with E-state index in [0.29, 0.717) is 22.2 Å². The minimum absolute atomic E-state index is 0.152. The molecule has 1 aromatic heterocycles. The predicted octanol–water partition coefficient (Wildman–Crippen LogP) is 6.04. The number of ether oxygens (including phenoxy) is 2. The molecule has 3 rings (SSSR count). The lowest BCUT2D eigenvalue weighted by molar-refractivity contribution is -0.118. The number of anilines is 1. The first-order valence-electron chi connectivity index (χ1n) is 10.3. The van der Waals surface area contributed by atoms with Crippen molar-refractivity contribution in [1.29, 1.82) is 0 Å². The van der Waals surface area contributed by atoms with Crippen molar-refractivity contribution in [2.24, 2.45) is 0 Å². The van der Waals surface area contributed by atoms with E-state index in [9.17, 15) is 9.59 Å². The molecule has 0 fully saturated rings. The Hall–Kier alpha value is -3.12. The van der Waals surface area contributed by atoms with Gasteiger partial charge < -0.3 is 14.8 Å². The van der Waals surface area contributed by atoms with Crippen molar-refractivity contribution >= 4 is 28.2 Å². The van der Waals surface area contributed by atoms with E-state index in [0.717, 1.165) is 16.0 Å². The second-order valence-electron chi connectivity index (χ2n) is 7.38. The zero-order chi connectivity index (χ0) is 22.4. The minimum Gasteiger partial charge on any atom is -0.484 e. The molecule has 0 bridgehead atoms. The SMILES string of the molecule is CCOC(=O)c1c(NC(=O)COc2ccc(C(C)C)cc2)sc(C)c1-c1ccccc1. The van der Waals surface area contributed by atoms with Gasteiger partial charge in [0.15, 0.2) is 6.61 Å². The van der Waals surface area contributed by atoms with Crippen LogP contribution in [0.15, 0.2) is 54.6 Å². The maximum Gasteiger partial charge on any atom is 0.341 e. The van der Waals surface area contributed by atoms with Gasteiger partial charge in [-0.3, -0.25) is 4.79 Å². The molecule has 0 spiro atoms. The van der Waals surface area contributed by atoms with Crippen LogP contribution in [0.1, 0.15) is 47.5 Å². The minimum atomic E-state index is -0.453. The summed E-state index contributed by atoms with van der Waals surface area (Å²) in [5, 5.41) is 3.31. The number of carbonyl (C=O) groups excluding carboxylic acids is 2. The molecule has 2 aromatic carbocycles. The molecule has 31 heavy (non-hydrogen) atoms. The van der Waals surface area contributed by atoms with E-state index in [4.69, 9.17) is 9.47 Å². The molecule has 0 radical (unpaired) electrons. The van der Waals surface area contributed by atoms with Crippen molar-refractivity contribution in [1.82, 2.24) is 0 Å². The molecule has 0 aliphatic heterocycles. The summed E-state index contributed by atoms with van der Waals surface area (Å²) in [6.07, 6.45) is 0. The van der Waals surface area contributed by atoms with Gasteiger partial charge in [-0.05, 0) is 43.0 Å². The van der Waals surface area contributed by atoms with Crippen LogP contribution in [0, 0.1) is 6.92 Å². The van der Waals surface area contributed by atoms with Gasteiger partial charge in [0.1, 0.15) is 16.3 Å². The molecule has 0 aliphatic carbocycles. The van der Waals surface area contributed by atoms with Gasteiger partial charge in [0.2, 0.25) is 0 Å². The first-order chi connectivity index (χ1) is 14.9. The molecule has 0 atom stereocenters. The standard InChI is InChI=1S/C25H27NO4S/c1-5-29-25(28)23-22(19-9-7-6-8-10-19)17(4)31-24(23)26-21(27)15-30-20-13-11-18(12-14-20)16(2)3/h6-14,16H,5,15H2,1-4H3,(H,26,27). The smallest absolute Gasteiger partial charge is 0.341 e. The number of esters is 1. The number of nitrogens with one attached hydrogen (secondary N) is 1. The van der Waals surface area contributed by atoms with Gasteiger partial charge in [-0.2, -0.15) is 0 Å². The third-order valence-corrected chi connectivity index (χ3v) is 5.82. The summed E-state index contributed by atoms with van der Waals surface area (Å²) >= 11 is 1.36. The Kier molecular flexibility index (Phi) is 7.47. The third kappa shape index (κ3) is 5.52. The van der Waals surface area contributed by atoms with Crippen LogP contribution in [-0.4, -0.2) is 25.1 Å². The van der Waals surface area contributed by atoms with Crippen LogP contribution in [0.4, 0.5) is 5.00 Å². The molecular weight excluding hydrogens is 410 g/mol. The van der Waals surface area contributed by atoms with E-state index in [1.165, 1.54) is 16.9 Å². The Morgan fingerprint density at radius 2 is 1.71 bits per heavy atom. The summed E-state index contributed by atoms with van der Waals surface area (Å²) in [6, 6.07) is 17.3. The highest BCUT2D eigenvalue weighted by molar-refractivity contribution is 7.17. The van der Waals surface area contributed by atoms with E-state index in [-0.39, 0.29) is 19.1 Å². The van der Waals surface area contributed by atoms with Crippen LogP contribution >= 0.6 is 11.3 Å². The number of carbonyl (C=O) groups is 2. The number of benzene rings is 2. The van der Waals surface area contributed by atoms with E-state index >= 15 is 0 Å². The predicted molar refractivity (Wildman–Crippen MR) is 125 cm³/mol. The Balaban J connectivity index is 1.78. The molecule has 1 N–H and O–H groups in total. The average Bonchev–Trinajstić information content (AvgIpc) is 3.08. The molecule has 5 nitrogen and oxygen atoms in total. The highest BCUT2D eigenvalue weighted by Gasteiger charge is 2.25. The van der Waals surface area contributed by atoms with Crippen LogP contribution in [0.3, 0.4) is 0 Å². The van der Waals surface area contributed by atoms with Crippen molar-refractivity contribution < 1.29 is 19.1 Å². The van der Waals surface area contributed by atoms with Gasteiger partial charge in [-0.15, -0.1) is 11.3 Å². The zero-order valence-electron chi connectivity index (χ0n) is 18.2. The molecule has 0 aliphatic rings. The van der Waals surface area contributed by atoms with Gasteiger partial charge >= 0.3 is 5.97 Å². The zero-order valence-corrected chi connectivity index (χ0v) is 19.0. The molecule has 1 heterocycles. The lowest BCUT2D eigenvalue weighted by atomic mass is 10.0. The highest BCUT2D eigenvalue weighted by atomic mass is 32.1. The van der Waals surface area contributed by atoms with Crippen molar-refractivity contribution in [3.63, 3.8) is 0 Å². The molecule has 3 aromatic rings. The van der Waals surface area contributed by atoms with E-state index in [2.05, 4.69) is 19.2 Å². The normalized spacial score (nSPS) is 10.7. The number of rotatable bonds is 8. The molecular formula is C25H27NO4S. The molecule has 6 heteroatoms. The van der Waals surface area contributed by atoms with Crippen LogP contribution in [0.5, 0.6) is 5.75 Å². The highest BCUT2D eigenvalue weighted by Crippen LogP contribution is 2.40. The Morgan fingerprint density at radius 1 is 1.03 bits per heavy atom. The summed E-state index contributed by atoms with van der Waals surface area (Å²) < 4.78 is 10.9. The Labute approximate surface area is 187 Å². The number of thiophene rings is 1. The van der Waals surface area contributed by atoms with Crippen LogP contribution < -0.4 is 10.1 Å². The fourth-order valence-corrected chi connectivity index (χ4v) is 4.32. The molecule has 1 amide bonds. The van der Waals surface area contributed by atoms with E-state index in [1.807, 2.05) is 61.5 Å². The van der Waals surface area contributed by atoms with Crippen molar-refractivity contribution in [2.75, 3.05) is 18.5 Å². The summed E-state index contributed by atoms with van der Waals surface area (Å²) in [4.78, 5) is 26.2. The van der Waals surface area contributed by atoms with E-state index in [1.54, 1.807) is 6.92 Å². The number of amides is 1. The second kappa shape index (κ2) is 10.3. The van der Waals surface area contributed by atoms with Gasteiger partial charge in [-0.1, -0.05) is 56.3 Å². The van der Waals surface area contributed by atoms with Crippen LogP contribution in [0.2, 0.25) is 0 Å². The summed E-state index contributed by atoms with van der Waals surface area (Å²) in [6.45, 7) is 8.04.